The summed E-state index contributed by atoms with van der Waals surface area (Å²) in [5.74, 6) is -0.00593. The first-order valence-corrected chi connectivity index (χ1v) is 7.75. The van der Waals surface area contributed by atoms with E-state index in [2.05, 4.69) is 0 Å². The summed E-state index contributed by atoms with van der Waals surface area (Å²) in [5, 5.41) is 0. The van der Waals surface area contributed by atoms with E-state index in [0.717, 1.165) is 5.56 Å². The maximum absolute atomic E-state index is 12.4. The summed E-state index contributed by atoms with van der Waals surface area (Å²) >= 11 is 0. The summed E-state index contributed by atoms with van der Waals surface area (Å²) in [5.41, 5.74) is 0.269. The van der Waals surface area contributed by atoms with E-state index in [1.165, 1.54) is 0 Å². The Kier molecular flexibility index (Phi) is 2.92. The molecular weight excluding hydrogens is 260 g/mol. The molecule has 2 aromatic carbocycles. The van der Waals surface area contributed by atoms with E-state index in [4.69, 9.17) is 4.74 Å². The standard InChI is InChI=1S/C15H14O3S/c16-19(17,14-9-5-2-6-10-14)12-15(11-18-15)13-7-3-1-4-8-13/h1-10H,11-12H2. The maximum Gasteiger partial charge on any atom is 0.181 e. The first-order chi connectivity index (χ1) is 9.12. The van der Waals surface area contributed by atoms with Crippen LogP contribution in [-0.2, 0) is 20.2 Å². The topological polar surface area (TPSA) is 46.7 Å². The van der Waals surface area contributed by atoms with Crippen LogP contribution in [0.4, 0.5) is 0 Å². The van der Waals surface area contributed by atoms with Crippen molar-refractivity contribution in [2.45, 2.75) is 10.5 Å². The molecule has 1 fully saturated rings. The Bertz CT molecular complexity index is 659. The number of epoxide rings is 1. The van der Waals surface area contributed by atoms with E-state index in [1.54, 1.807) is 30.3 Å². The molecule has 0 radical (unpaired) electrons. The van der Waals surface area contributed by atoms with Crippen molar-refractivity contribution in [1.82, 2.24) is 0 Å². The minimum atomic E-state index is -3.33. The molecule has 1 heterocycles. The second-order valence-corrected chi connectivity index (χ2v) is 6.71. The van der Waals surface area contributed by atoms with Gasteiger partial charge in [0.25, 0.3) is 0 Å². The van der Waals surface area contributed by atoms with Gasteiger partial charge in [0.1, 0.15) is 5.60 Å². The van der Waals surface area contributed by atoms with Gasteiger partial charge >= 0.3 is 0 Å². The lowest BCUT2D eigenvalue weighted by atomic mass is 10.0. The van der Waals surface area contributed by atoms with Gasteiger partial charge in [-0.2, -0.15) is 0 Å². The average molecular weight is 274 g/mol. The van der Waals surface area contributed by atoms with E-state index in [9.17, 15) is 8.42 Å². The van der Waals surface area contributed by atoms with Crippen LogP contribution in [0.5, 0.6) is 0 Å². The van der Waals surface area contributed by atoms with Crippen molar-refractivity contribution >= 4 is 9.84 Å². The monoisotopic (exact) mass is 274 g/mol. The van der Waals surface area contributed by atoms with Gasteiger partial charge in [-0.3, -0.25) is 0 Å². The maximum atomic E-state index is 12.4. The predicted octanol–water partition coefficient (Wildman–Crippen LogP) is 2.39. The molecule has 19 heavy (non-hydrogen) atoms. The highest BCUT2D eigenvalue weighted by Gasteiger charge is 2.50. The summed E-state index contributed by atoms with van der Waals surface area (Å²) in [6.45, 7) is 0.461. The summed E-state index contributed by atoms with van der Waals surface area (Å²) < 4.78 is 30.2. The van der Waals surface area contributed by atoms with Crippen LogP contribution in [0.25, 0.3) is 0 Å². The lowest BCUT2D eigenvalue weighted by Crippen LogP contribution is -2.22. The van der Waals surface area contributed by atoms with Gasteiger partial charge in [-0.05, 0) is 17.7 Å². The van der Waals surface area contributed by atoms with Crippen molar-refractivity contribution < 1.29 is 13.2 Å². The second kappa shape index (κ2) is 4.47. The molecule has 1 aliphatic rings. The number of hydrogen-bond acceptors (Lipinski definition) is 3. The normalized spacial score (nSPS) is 22.1. The number of hydrogen-bond donors (Lipinski definition) is 0. The van der Waals surface area contributed by atoms with Crippen molar-refractivity contribution in [3.63, 3.8) is 0 Å². The molecule has 2 aromatic rings. The van der Waals surface area contributed by atoms with Crippen LogP contribution in [0, 0.1) is 0 Å². The number of benzene rings is 2. The van der Waals surface area contributed by atoms with Crippen molar-refractivity contribution in [1.29, 1.82) is 0 Å². The third kappa shape index (κ3) is 2.41. The molecule has 1 atom stereocenters. The molecule has 0 N–H and O–H groups in total. The smallest absolute Gasteiger partial charge is 0.181 e. The molecule has 4 heteroatoms. The molecule has 1 saturated heterocycles. The minimum absolute atomic E-state index is 0.00593. The van der Waals surface area contributed by atoms with E-state index < -0.39 is 15.4 Å². The van der Waals surface area contributed by atoms with Crippen molar-refractivity contribution in [2.24, 2.45) is 0 Å². The molecule has 0 spiro atoms. The Morgan fingerprint density at radius 1 is 0.947 bits per heavy atom. The van der Waals surface area contributed by atoms with E-state index in [1.807, 2.05) is 30.3 Å². The van der Waals surface area contributed by atoms with Crippen molar-refractivity contribution in [2.75, 3.05) is 12.4 Å². The molecule has 0 aliphatic carbocycles. The van der Waals surface area contributed by atoms with Gasteiger partial charge in [-0.15, -0.1) is 0 Å². The number of rotatable bonds is 4. The first kappa shape index (κ1) is 12.4. The van der Waals surface area contributed by atoms with Crippen molar-refractivity contribution in [3.05, 3.63) is 66.2 Å². The molecule has 3 rings (SSSR count). The summed E-state index contributed by atoms with van der Waals surface area (Å²) in [7, 11) is -3.33. The fraction of sp³-hybridized carbons (Fsp3) is 0.200. The summed E-state index contributed by atoms with van der Waals surface area (Å²) in [4.78, 5) is 0.348. The zero-order valence-corrected chi connectivity index (χ0v) is 11.1. The van der Waals surface area contributed by atoms with E-state index >= 15 is 0 Å². The van der Waals surface area contributed by atoms with Crippen molar-refractivity contribution in [3.8, 4) is 0 Å². The Balaban J connectivity index is 1.90. The van der Waals surface area contributed by atoms with Gasteiger partial charge in [0.05, 0.1) is 17.3 Å². The molecule has 0 aromatic heterocycles. The minimum Gasteiger partial charge on any atom is -0.363 e. The van der Waals surface area contributed by atoms with Crippen LogP contribution in [0.3, 0.4) is 0 Å². The zero-order chi connectivity index (χ0) is 13.3. The SMILES string of the molecule is O=S(=O)(CC1(c2ccccc2)CO1)c1ccccc1. The molecule has 0 saturated carbocycles. The second-order valence-electron chi connectivity index (χ2n) is 4.72. The van der Waals surface area contributed by atoms with Gasteiger partial charge in [0, 0.05) is 0 Å². The number of ether oxygens (including phenoxy) is 1. The third-order valence-corrected chi connectivity index (χ3v) is 5.15. The Labute approximate surface area is 112 Å². The number of sulfone groups is 1. The molecule has 3 nitrogen and oxygen atoms in total. The van der Waals surface area contributed by atoms with Gasteiger partial charge in [-0.25, -0.2) is 8.42 Å². The Morgan fingerprint density at radius 3 is 2.00 bits per heavy atom. The predicted molar refractivity (Wildman–Crippen MR) is 72.6 cm³/mol. The quantitative estimate of drug-likeness (QED) is 0.804. The highest BCUT2D eigenvalue weighted by atomic mass is 32.2. The first-order valence-electron chi connectivity index (χ1n) is 6.10. The van der Waals surface area contributed by atoms with Crippen LogP contribution >= 0.6 is 0 Å². The molecule has 0 amide bonds. The lowest BCUT2D eigenvalue weighted by molar-refractivity contribution is 0.330. The Morgan fingerprint density at radius 2 is 1.47 bits per heavy atom. The van der Waals surface area contributed by atoms with Crippen LogP contribution in [0.1, 0.15) is 5.56 Å². The fourth-order valence-electron chi connectivity index (χ4n) is 2.18. The lowest BCUT2D eigenvalue weighted by Gasteiger charge is -2.12. The highest BCUT2D eigenvalue weighted by molar-refractivity contribution is 7.91. The molecular formula is C15H14O3S. The van der Waals surface area contributed by atoms with Gasteiger partial charge < -0.3 is 4.74 Å². The molecule has 1 aliphatic heterocycles. The van der Waals surface area contributed by atoms with Crippen LogP contribution in [0.15, 0.2) is 65.6 Å². The van der Waals surface area contributed by atoms with Crippen LogP contribution < -0.4 is 0 Å². The van der Waals surface area contributed by atoms with E-state index in [0.29, 0.717) is 11.5 Å². The summed E-state index contributed by atoms with van der Waals surface area (Å²) in [6.07, 6.45) is 0. The average Bonchev–Trinajstić information content (AvgIpc) is 3.21. The molecule has 0 bridgehead atoms. The van der Waals surface area contributed by atoms with Gasteiger partial charge in [0.2, 0.25) is 0 Å². The van der Waals surface area contributed by atoms with Gasteiger partial charge in [-0.1, -0.05) is 48.5 Å². The Hall–Kier alpha value is -1.65. The largest absolute Gasteiger partial charge is 0.363 e. The van der Waals surface area contributed by atoms with E-state index in [-0.39, 0.29) is 5.75 Å². The highest BCUT2D eigenvalue weighted by Crippen LogP contribution is 2.40. The summed E-state index contributed by atoms with van der Waals surface area (Å²) in [6, 6.07) is 18.0. The molecule has 98 valence electrons. The third-order valence-electron chi connectivity index (χ3n) is 3.32. The van der Waals surface area contributed by atoms with Crippen LogP contribution in [0.2, 0.25) is 0 Å². The fourth-order valence-corrected chi connectivity index (χ4v) is 3.87. The van der Waals surface area contributed by atoms with Gasteiger partial charge in [0.15, 0.2) is 9.84 Å². The van der Waals surface area contributed by atoms with Crippen LogP contribution in [-0.4, -0.2) is 20.8 Å². The molecule has 1 unspecified atom stereocenters. The zero-order valence-electron chi connectivity index (χ0n) is 10.3.